The molecular formula is C38H62O12. The molecule has 22 atom stereocenters. The van der Waals surface area contributed by atoms with Gasteiger partial charge in [0.25, 0.3) is 0 Å². The smallest absolute Gasteiger partial charge is 0.187 e. The zero-order valence-electron chi connectivity index (χ0n) is 30.4. The van der Waals surface area contributed by atoms with E-state index in [1.165, 1.54) is 0 Å². The van der Waals surface area contributed by atoms with Crippen LogP contribution < -0.4 is 0 Å². The van der Waals surface area contributed by atoms with Crippen LogP contribution in [0.5, 0.6) is 0 Å². The number of fused-ring (bicyclic) bond motifs is 7. The first-order valence-corrected chi connectivity index (χ1v) is 19.7. The minimum atomic E-state index is -1.59. The van der Waals surface area contributed by atoms with Crippen molar-refractivity contribution in [2.75, 3.05) is 13.2 Å². The Balaban J connectivity index is 1.03. The largest absolute Gasteiger partial charge is 0.393 e. The van der Waals surface area contributed by atoms with Crippen LogP contribution >= 0.6 is 0 Å². The van der Waals surface area contributed by atoms with Crippen molar-refractivity contribution in [2.24, 2.45) is 52.3 Å². The van der Waals surface area contributed by atoms with Gasteiger partial charge >= 0.3 is 0 Å². The predicted molar refractivity (Wildman–Crippen MR) is 177 cm³/mol. The van der Waals surface area contributed by atoms with Crippen LogP contribution in [-0.4, -0.2) is 123 Å². The second-order valence-corrected chi connectivity index (χ2v) is 18.3. The molecule has 50 heavy (non-hydrogen) atoms. The Morgan fingerprint density at radius 2 is 1.50 bits per heavy atom. The van der Waals surface area contributed by atoms with Crippen LogP contribution in [-0.2, 0) is 28.4 Å². The third-order valence-electron chi connectivity index (χ3n) is 15.8. The molecular weight excluding hydrogens is 648 g/mol. The highest BCUT2D eigenvalue weighted by molar-refractivity contribution is 5.16. The second-order valence-electron chi connectivity index (χ2n) is 18.3. The highest BCUT2D eigenvalue weighted by atomic mass is 16.8. The van der Waals surface area contributed by atoms with Crippen molar-refractivity contribution in [3.05, 3.63) is 0 Å². The van der Waals surface area contributed by atoms with Crippen LogP contribution in [0.1, 0.15) is 92.4 Å². The first-order chi connectivity index (χ1) is 23.7. The molecule has 12 nitrogen and oxygen atoms in total. The van der Waals surface area contributed by atoms with Crippen LogP contribution in [0.15, 0.2) is 0 Å². The molecule has 0 aromatic carbocycles. The average Bonchev–Trinajstić information content (AvgIpc) is 3.53. The summed E-state index contributed by atoms with van der Waals surface area (Å²) in [5.41, 5.74) is -0.112. The first kappa shape index (κ1) is 36.5. The van der Waals surface area contributed by atoms with Gasteiger partial charge in [0.2, 0.25) is 0 Å². The molecule has 0 aromatic rings. The zero-order valence-corrected chi connectivity index (χ0v) is 30.4. The molecule has 0 bridgehead atoms. The molecule has 4 saturated heterocycles. The Kier molecular flexibility index (Phi) is 9.55. The molecule has 8 aliphatic rings. The number of aliphatic hydroxyl groups is 6. The van der Waals surface area contributed by atoms with Crippen molar-refractivity contribution in [3.63, 3.8) is 0 Å². The minimum absolute atomic E-state index is 0.163. The van der Waals surface area contributed by atoms with E-state index in [0.717, 1.165) is 58.0 Å². The molecule has 4 aliphatic carbocycles. The van der Waals surface area contributed by atoms with Gasteiger partial charge in [-0.15, -0.1) is 0 Å². The highest BCUT2D eigenvalue weighted by Gasteiger charge is 2.70. The van der Waals surface area contributed by atoms with Crippen molar-refractivity contribution in [1.29, 1.82) is 0 Å². The average molecular weight is 711 g/mol. The molecule has 4 saturated carbocycles. The van der Waals surface area contributed by atoms with Gasteiger partial charge in [-0.3, -0.25) is 0 Å². The zero-order chi connectivity index (χ0) is 35.5. The summed E-state index contributed by atoms with van der Waals surface area (Å²) in [6, 6.07) is 0. The Bertz CT molecular complexity index is 1230. The van der Waals surface area contributed by atoms with Gasteiger partial charge in [-0.1, -0.05) is 27.7 Å². The van der Waals surface area contributed by atoms with E-state index in [1.807, 2.05) is 0 Å². The van der Waals surface area contributed by atoms with E-state index in [2.05, 4.69) is 27.7 Å². The van der Waals surface area contributed by atoms with Crippen molar-refractivity contribution < 1.29 is 59.1 Å². The molecule has 6 N–H and O–H groups in total. The lowest BCUT2D eigenvalue weighted by Gasteiger charge is -2.63. The van der Waals surface area contributed by atoms with Gasteiger partial charge in [0.05, 0.1) is 37.6 Å². The molecule has 1 spiro atoms. The van der Waals surface area contributed by atoms with E-state index in [1.54, 1.807) is 6.92 Å². The van der Waals surface area contributed by atoms with Gasteiger partial charge in [0.1, 0.15) is 36.6 Å². The monoisotopic (exact) mass is 710 g/mol. The SMILES string of the molecule is C[C@@H]1CC[C@@]2(OC1)O[C@H]1C[C@H]3[C@@H]4CC[C@@H]5C[C@@H](O)C[C@@H](O[C@@H]6OC[C@@H](O)[C@H](O)[C@H]6O[C@@H]6O[C@@H](C)[C@H](O)[C@@H](O)[C@H]6O)[C@]5(C)[C@H]4CC[C@]3(C)[C@H]1[C@@H]2C. The van der Waals surface area contributed by atoms with Crippen molar-refractivity contribution in [2.45, 2.75) is 172 Å². The molecule has 286 valence electrons. The van der Waals surface area contributed by atoms with Gasteiger partial charge in [-0.2, -0.15) is 0 Å². The molecule has 8 fully saturated rings. The summed E-state index contributed by atoms with van der Waals surface area (Å²) in [6.07, 6.45) is -3.88. The summed E-state index contributed by atoms with van der Waals surface area (Å²) in [6.45, 7) is 11.6. The lowest BCUT2D eigenvalue weighted by Crippen LogP contribution is -2.64. The Labute approximate surface area is 296 Å². The summed E-state index contributed by atoms with van der Waals surface area (Å²) in [5.74, 6) is 2.58. The summed E-state index contributed by atoms with van der Waals surface area (Å²) in [7, 11) is 0. The normalized spacial score (nSPS) is 60.9. The maximum absolute atomic E-state index is 11.2. The number of rotatable bonds is 4. The molecule has 4 aliphatic heterocycles. The fraction of sp³-hybridized carbons (Fsp3) is 1.00. The lowest BCUT2D eigenvalue weighted by atomic mass is 9.43. The van der Waals surface area contributed by atoms with E-state index in [9.17, 15) is 30.6 Å². The van der Waals surface area contributed by atoms with Crippen LogP contribution in [0.2, 0.25) is 0 Å². The quantitative estimate of drug-likeness (QED) is 0.251. The van der Waals surface area contributed by atoms with Crippen LogP contribution in [0.25, 0.3) is 0 Å². The summed E-state index contributed by atoms with van der Waals surface area (Å²) in [4.78, 5) is 0. The summed E-state index contributed by atoms with van der Waals surface area (Å²) in [5, 5.41) is 64.2. The third kappa shape index (κ3) is 5.52. The van der Waals surface area contributed by atoms with Crippen LogP contribution in [0, 0.1) is 52.3 Å². The number of aliphatic hydroxyl groups excluding tert-OH is 6. The van der Waals surface area contributed by atoms with Crippen LogP contribution in [0.3, 0.4) is 0 Å². The summed E-state index contributed by atoms with van der Waals surface area (Å²) >= 11 is 0. The number of hydrogen-bond donors (Lipinski definition) is 6. The van der Waals surface area contributed by atoms with Gasteiger partial charge in [0, 0.05) is 18.8 Å². The van der Waals surface area contributed by atoms with Crippen molar-refractivity contribution in [3.8, 4) is 0 Å². The topological polar surface area (TPSA) is 177 Å². The number of ether oxygens (including phenoxy) is 6. The van der Waals surface area contributed by atoms with Crippen molar-refractivity contribution in [1.82, 2.24) is 0 Å². The van der Waals surface area contributed by atoms with Gasteiger partial charge in [0.15, 0.2) is 18.4 Å². The van der Waals surface area contributed by atoms with Gasteiger partial charge in [-0.25, -0.2) is 0 Å². The number of hydrogen-bond acceptors (Lipinski definition) is 12. The second kappa shape index (κ2) is 13.1. The lowest BCUT2D eigenvalue weighted by molar-refractivity contribution is -0.366. The third-order valence-corrected chi connectivity index (χ3v) is 15.8. The van der Waals surface area contributed by atoms with E-state index in [-0.39, 0.29) is 29.5 Å². The Morgan fingerprint density at radius 1 is 0.720 bits per heavy atom. The highest BCUT2D eigenvalue weighted by Crippen LogP contribution is 2.71. The van der Waals surface area contributed by atoms with Gasteiger partial charge in [-0.05, 0) is 98.2 Å². The minimum Gasteiger partial charge on any atom is -0.393 e. The molecule has 0 radical (unpaired) electrons. The van der Waals surface area contributed by atoms with E-state index in [0.29, 0.717) is 41.9 Å². The Hall–Kier alpha value is -0.480. The molecule has 0 aromatic heterocycles. The first-order valence-electron chi connectivity index (χ1n) is 19.7. The summed E-state index contributed by atoms with van der Waals surface area (Å²) < 4.78 is 38.1. The molecule has 0 amide bonds. The Morgan fingerprint density at radius 3 is 2.24 bits per heavy atom. The fourth-order valence-electron chi connectivity index (χ4n) is 13.0. The standard InChI is InChI=1S/C38H62O12/c1-17-8-11-38(46-15-17)18(2)28-26(50-38)14-24-22-7-6-20-12-21(39)13-27(37(20,5)23(22)9-10-36(24,28)4)48-35-33(30(42)25(40)16-45-35)49-34-32(44)31(43)29(41)19(3)47-34/h17-35,39-44H,6-16H2,1-5H3/t17-,18+,19+,20-,21-,22-,23+,24+,25-,26+,27-,28+,29+,30+,31-,32-,33-,34+,35+,36+,37+,38-/m1/s1. The fourth-order valence-corrected chi connectivity index (χ4v) is 13.0. The van der Waals surface area contributed by atoms with E-state index < -0.39 is 73.3 Å². The molecule has 0 unspecified atom stereocenters. The molecule has 8 rings (SSSR count). The molecule has 12 heteroatoms. The van der Waals surface area contributed by atoms with Crippen molar-refractivity contribution >= 4 is 0 Å². The molecule has 4 heterocycles. The maximum Gasteiger partial charge on any atom is 0.187 e. The van der Waals surface area contributed by atoms with E-state index in [4.69, 9.17) is 28.4 Å². The van der Waals surface area contributed by atoms with Gasteiger partial charge < -0.3 is 59.1 Å². The predicted octanol–water partition coefficient (Wildman–Crippen LogP) is 2.08. The van der Waals surface area contributed by atoms with E-state index >= 15 is 0 Å². The maximum atomic E-state index is 11.2. The van der Waals surface area contributed by atoms with Crippen LogP contribution in [0.4, 0.5) is 0 Å².